The van der Waals surface area contributed by atoms with E-state index < -0.39 is 23.4 Å². The number of hydrogen-bond donors (Lipinski definition) is 2. The maximum Gasteiger partial charge on any atom is 0.314 e. The van der Waals surface area contributed by atoms with Crippen molar-refractivity contribution in [2.75, 3.05) is 28.6 Å². The fraction of sp³-hybridized carbons (Fsp3) is 0.222. The highest BCUT2D eigenvalue weighted by Crippen LogP contribution is 2.18. The molecule has 0 saturated heterocycles. The first kappa shape index (κ1) is 18.4. The lowest BCUT2D eigenvalue weighted by Crippen LogP contribution is -2.29. The first-order valence-electron chi connectivity index (χ1n) is 7.87. The number of carbonyl (C=O) groups excluding carboxylic acids is 2. The zero-order chi connectivity index (χ0) is 18.4. The van der Waals surface area contributed by atoms with E-state index in [1.165, 1.54) is 6.07 Å². The van der Waals surface area contributed by atoms with Crippen molar-refractivity contribution in [3.63, 3.8) is 0 Å². The van der Waals surface area contributed by atoms with E-state index in [2.05, 4.69) is 15.5 Å². The third kappa shape index (κ3) is 4.76. The molecule has 0 saturated carbocycles. The Hall–Kier alpha value is -2.96. The van der Waals surface area contributed by atoms with Crippen LogP contribution in [0.5, 0.6) is 0 Å². The molecule has 132 valence electrons. The molecule has 0 spiro atoms. The third-order valence-electron chi connectivity index (χ3n) is 3.64. The number of halogens is 2. The minimum Gasteiger partial charge on any atom is -0.372 e. The molecule has 2 amide bonds. The highest BCUT2D eigenvalue weighted by molar-refractivity contribution is 6.43. The van der Waals surface area contributed by atoms with Crippen LogP contribution < -0.4 is 15.5 Å². The molecule has 0 aliphatic rings. The van der Waals surface area contributed by atoms with Crippen molar-refractivity contribution in [1.82, 2.24) is 0 Å². The summed E-state index contributed by atoms with van der Waals surface area (Å²) < 4.78 is 26.0. The lowest BCUT2D eigenvalue weighted by molar-refractivity contribution is -0.133. The van der Waals surface area contributed by atoms with Crippen LogP contribution in [0.1, 0.15) is 13.8 Å². The van der Waals surface area contributed by atoms with Crippen LogP contribution in [0.2, 0.25) is 0 Å². The molecule has 0 atom stereocenters. The van der Waals surface area contributed by atoms with Gasteiger partial charge in [0.25, 0.3) is 0 Å². The van der Waals surface area contributed by atoms with E-state index in [0.717, 1.165) is 30.9 Å². The summed E-state index contributed by atoms with van der Waals surface area (Å²) in [6, 6.07) is 9.91. The molecular formula is C18H19F2N3O2. The number of benzene rings is 2. The van der Waals surface area contributed by atoms with Crippen molar-refractivity contribution in [2.24, 2.45) is 0 Å². The second-order valence-corrected chi connectivity index (χ2v) is 5.26. The Morgan fingerprint density at radius 2 is 1.36 bits per heavy atom. The van der Waals surface area contributed by atoms with Crippen LogP contribution in [0.25, 0.3) is 0 Å². The van der Waals surface area contributed by atoms with E-state index in [4.69, 9.17) is 0 Å². The molecular weight excluding hydrogens is 328 g/mol. The molecule has 0 unspecified atom stereocenters. The number of carbonyl (C=O) groups is 2. The van der Waals surface area contributed by atoms with Gasteiger partial charge < -0.3 is 15.5 Å². The van der Waals surface area contributed by atoms with Gasteiger partial charge in [0.15, 0.2) is 11.6 Å². The molecule has 0 aromatic heterocycles. The molecule has 0 aliphatic carbocycles. The van der Waals surface area contributed by atoms with Gasteiger partial charge in [-0.15, -0.1) is 0 Å². The van der Waals surface area contributed by atoms with Gasteiger partial charge in [-0.2, -0.15) is 0 Å². The molecule has 5 nitrogen and oxygen atoms in total. The standard InChI is InChI=1S/C18H19F2N3O2/c1-3-23(4-2)14-8-5-12(6-9-14)21-17(24)18(25)22-13-7-10-15(19)16(20)11-13/h5-11H,3-4H2,1-2H3,(H,21,24)(H,22,25). The van der Waals surface area contributed by atoms with Crippen LogP contribution in [-0.4, -0.2) is 24.9 Å². The van der Waals surface area contributed by atoms with Crippen molar-refractivity contribution in [3.05, 3.63) is 54.1 Å². The normalized spacial score (nSPS) is 10.2. The van der Waals surface area contributed by atoms with Crippen molar-refractivity contribution < 1.29 is 18.4 Å². The molecule has 0 fully saturated rings. The molecule has 7 heteroatoms. The van der Waals surface area contributed by atoms with E-state index in [0.29, 0.717) is 5.69 Å². The number of nitrogens with one attached hydrogen (secondary N) is 2. The van der Waals surface area contributed by atoms with Crippen LogP contribution in [0.3, 0.4) is 0 Å². The second kappa shape index (κ2) is 8.23. The fourth-order valence-electron chi connectivity index (χ4n) is 2.29. The number of hydrogen-bond acceptors (Lipinski definition) is 3. The minimum atomic E-state index is -1.11. The van der Waals surface area contributed by atoms with Crippen molar-refractivity contribution in [2.45, 2.75) is 13.8 Å². The Kier molecular flexibility index (Phi) is 6.05. The lowest BCUT2D eigenvalue weighted by atomic mass is 10.2. The summed E-state index contributed by atoms with van der Waals surface area (Å²) in [5.74, 6) is -4.01. The van der Waals surface area contributed by atoms with Gasteiger partial charge in [-0.05, 0) is 50.2 Å². The van der Waals surface area contributed by atoms with Crippen LogP contribution in [0, 0.1) is 11.6 Å². The maximum absolute atomic E-state index is 13.1. The number of amides is 2. The number of anilines is 3. The topological polar surface area (TPSA) is 61.4 Å². The van der Waals surface area contributed by atoms with E-state index >= 15 is 0 Å². The Morgan fingerprint density at radius 3 is 1.88 bits per heavy atom. The quantitative estimate of drug-likeness (QED) is 0.815. The monoisotopic (exact) mass is 347 g/mol. The van der Waals surface area contributed by atoms with Gasteiger partial charge in [0.05, 0.1) is 0 Å². The highest BCUT2D eigenvalue weighted by Gasteiger charge is 2.15. The summed E-state index contributed by atoms with van der Waals surface area (Å²) >= 11 is 0. The van der Waals surface area contributed by atoms with Crippen LogP contribution in [0.15, 0.2) is 42.5 Å². The van der Waals surface area contributed by atoms with Crippen molar-refractivity contribution in [1.29, 1.82) is 0 Å². The predicted molar refractivity (Wildman–Crippen MR) is 93.6 cm³/mol. The summed E-state index contributed by atoms with van der Waals surface area (Å²) in [4.78, 5) is 25.9. The Labute approximate surface area is 144 Å². The van der Waals surface area contributed by atoms with E-state index in [9.17, 15) is 18.4 Å². The maximum atomic E-state index is 13.1. The fourth-order valence-corrected chi connectivity index (χ4v) is 2.29. The second-order valence-electron chi connectivity index (χ2n) is 5.26. The lowest BCUT2D eigenvalue weighted by Gasteiger charge is -2.21. The number of rotatable bonds is 5. The van der Waals surface area contributed by atoms with E-state index in [-0.39, 0.29) is 5.69 Å². The zero-order valence-electron chi connectivity index (χ0n) is 14.0. The van der Waals surface area contributed by atoms with Gasteiger partial charge in [0, 0.05) is 36.2 Å². The molecule has 25 heavy (non-hydrogen) atoms. The Balaban J connectivity index is 1.98. The molecule has 2 aromatic rings. The zero-order valence-corrected chi connectivity index (χ0v) is 14.0. The molecule has 0 radical (unpaired) electrons. The van der Waals surface area contributed by atoms with E-state index in [1.54, 1.807) is 12.1 Å². The summed E-state index contributed by atoms with van der Waals surface area (Å²) in [5.41, 5.74) is 1.46. The first-order chi connectivity index (χ1) is 11.9. The first-order valence-corrected chi connectivity index (χ1v) is 7.87. The van der Waals surface area contributed by atoms with Gasteiger partial charge in [-0.1, -0.05) is 0 Å². The Bertz CT molecular complexity index is 759. The summed E-state index contributed by atoms with van der Waals surface area (Å²) in [6.45, 7) is 5.81. The van der Waals surface area contributed by atoms with Gasteiger partial charge in [0.2, 0.25) is 0 Å². The average Bonchev–Trinajstić information content (AvgIpc) is 2.60. The molecule has 0 bridgehead atoms. The summed E-state index contributed by atoms with van der Waals surface area (Å²) in [7, 11) is 0. The van der Waals surface area contributed by atoms with Gasteiger partial charge in [-0.3, -0.25) is 9.59 Å². The third-order valence-corrected chi connectivity index (χ3v) is 3.64. The smallest absolute Gasteiger partial charge is 0.314 e. The van der Waals surface area contributed by atoms with Crippen molar-refractivity contribution in [3.8, 4) is 0 Å². The largest absolute Gasteiger partial charge is 0.372 e. The Morgan fingerprint density at radius 1 is 0.840 bits per heavy atom. The molecule has 0 aliphatic heterocycles. The van der Waals surface area contributed by atoms with Gasteiger partial charge in [0.1, 0.15) is 0 Å². The average molecular weight is 347 g/mol. The number of nitrogens with zero attached hydrogens (tertiary/aromatic N) is 1. The van der Waals surface area contributed by atoms with Crippen LogP contribution in [-0.2, 0) is 9.59 Å². The van der Waals surface area contributed by atoms with Crippen LogP contribution >= 0.6 is 0 Å². The minimum absolute atomic E-state index is 0.00377. The highest BCUT2D eigenvalue weighted by atomic mass is 19.2. The van der Waals surface area contributed by atoms with Gasteiger partial charge in [-0.25, -0.2) is 8.78 Å². The van der Waals surface area contributed by atoms with Gasteiger partial charge >= 0.3 is 11.8 Å². The van der Waals surface area contributed by atoms with E-state index in [1.807, 2.05) is 26.0 Å². The molecule has 2 rings (SSSR count). The summed E-state index contributed by atoms with van der Waals surface area (Å²) in [6.07, 6.45) is 0. The SMILES string of the molecule is CCN(CC)c1ccc(NC(=O)C(=O)Nc2ccc(F)c(F)c2)cc1. The molecule has 2 aromatic carbocycles. The van der Waals surface area contributed by atoms with Crippen LogP contribution in [0.4, 0.5) is 25.8 Å². The van der Waals surface area contributed by atoms with Crippen molar-refractivity contribution >= 4 is 28.9 Å². The summed E-state index contributed by atoms with van der Waals surface area (Å²) in [5, 5.41) is 4.66. The molecule has 0 heterocycles. The predicted octanol–water partition coefficient (Wildman–Crippen LogP) is 3.39. The molecule has 2 N–H and O–H groups in total.